The molecule has 1 heterocycles. The summed E-state index contributed by atoms with van der Waals surface area (Å²) in [5, 5.41) is 0.654. The van der Waals surface area contributed by atoms with E-state index in [2.05, 4.69) is 4.90 Å². The van der Waals surface area contributed by atoms with E-state index in [1.54, 1.807) is 31.4 Å². The van der Waals surface area contributed by atoms with Gasteiger partial charge in [-0.1, -0.05) is 11.6 Å². The summed E-state index contributed by atoms with van der Waals surface area (Å²) in [6, 6.07) is 6.99. The van der Waals surface area contributed by atoms with Gasteiger partial charge in [0.05, 0.1) is 12.1 Å². The first-order chi connectivity index (χ1) is 9.11. The Labute approximate surface area is 119 Å². The topological polar surface area (TPSA) is 29.5 Å². The summed E-state index contributed by atoms with van der Waals surface area (Å²) in [7, 11) is 1.74. The number of nitrogens with zero attached hydrogens (tertiary/aromatic N) is 1. The first-order valence-corrected chi connectivity index (χ1v) is 7.06. The summed E-state index contributed by atoms with van der Waals surface area (Å²) in [5.41, 5.74) is 0.719. The number of methoxy groups -OCH3 is 1. The molecule has 1 aliphatic rings. The fraction of sp³-hybridized carbons (Fsp3) is 0.533. The Morgan fingerprint density at radius 1 is 1.42 bits per heavy atom. The monoisotopic (exact) mass is 281 g/mol. The largest absolute Gasteiger partial charge is 0.380 e. The van der Waals surface area contributed by atoms with Crippen molar-refractivity contribution in [3.05, 3.63) is 34.9 Å². The first kappa shape index (κ1) is 14.5. The first-order valence-electron chi connectivity index (χ1n) is 6.68. The zero-order valence-electron chi connectivity index (χ0n) is 11.4. The molecule has 0 bridgehead atoms. The van der Waals surface area contributed by atoms with Gasteiger partial charge in [-0.15, -0.1) is 0 Å². The molecule has 1 fully saturated rings. The zero-order valence-corrected chi connectivity index (χ0v) is 12.2. The number of benzene rings is 1. The van der Waals surface area contributed by atoms with Gasteiger partial charge in [-0.3, -0.25) is 9.69 Å². The highest BCUT2D eigenvalue weighted by atomic mass is 35.5. The van der Waals surface area contributed by atoms with Gasteiger partial charge >= 0.3 is 0 Å². The molecule has 1 aliphatic heterocycles. The normalized spacial score (nSPS) is 22.2. The maximum atomic E-state index is 12.4. The highest BCUT2D eigenvalue weighted by Crippen LogP contribution is 2.18. The van der Waals surface area contributed by atoms with Gasteiger partial charge in [-0.05, 0) is 50.6 Å². The predicted molar refractivity (Wildman–Crippen MR) is 76.8 cm³/mol. The lowest BCUT2D eigenvalue weighted by atomic mass is 10.0. The van der Waals surface area contributed by atoms with Crippen molar-refractivity contribution in [2.24, 2.45) is 0 Å². The van der Waals surface area contributed by atoms with Crippen LogP contribution in [0.3, 0.4) is 0 Å². The second-order valence-corrected chi connectivity index (χ2v) is 5.48. The van der Waals surface area contributed by atoms with Gasteiger partial charge < -0.3 is 4.74 Å². The summed E-state index contributed by atoms with van der Waals surface area (Å²) in [6.45, 7) is 3.76. The number of carbonyl (C=O) groups excluding carboxylic acids is 1. The van der Waals surface area contributed by atoms with Gasteiger partial charge in [0.2, 0.25) is 0 Å². The molecule has 1 aromatic rings. The Hall–Kier alpha value is -0.900. The summed E-state index contributed by atoms with van der Waals surface area (Å²) in [5.74, 6) is 0.147. The quantitative estimate of drug-likeness (QED) is 0.795. The average Bonchev–Trinajstić information content (AvgIpc) is 2.46. The Morgan fingerprint density at radius 3 is 2.74 bits per heavy atom. The van der Waals surface area contributed by atoms with Crippen LogP contribution in [0.4, 0.5) is 0 Å². The molecular formula is C15H20ClNO2. The minimum absolute atomic E-state index is 0.112. The van der Waals surface area contributed by atoms with Crippen LogP contribution in [0, 0.1) is 0 Å². The maximum absolute atomic E-state index is 12.4. The molecule has 0 aliphatic carbocycles. The van der Waals surface area contributed by atoms with E-state index in [0.29, 0.717) is 5.02 Å². The molecule has 19 heavy (non-hydrogen) atoms. The Balaban J connectivity index is 2.04. The molecule has 0 N–H and O–H groups in total. The highest BCUT2D eigenvalue weighted by molar-refractivity contribution is 6.30. The number of rotatable bonds is 4. The van der Waals surface area contributed by atoms with E-state index in [1.807, 2.05) is 6.92 Å². The number of hydrogen-bond donors (Lipinski definition) is 0. The maximum Gasteiger partial charge on any atom is 0.179 e. The van der Waals surface area contributed by atoms with Crippen molar-refractivity contribution in [3.63, 3.8) is 0 Å². The van der Waals surface area contributed by atoms with Crippen molar-refractivity contribution in [1.29, 1.82) is 0 Å². The Bertz CT molecular complexity index is 432. The molecule has 104 valence electrons. The Morgan fingerprint density at radius 2 is 2.11 bits per heavy atom. The van der Waals surface area contributed by atoms with E-state index in [4.69, 9.17) is 16.3 Å². The fourth-order valence-electron chi connectivity index (χ4n) is 2.53. The van der Waals surface area contributed by atoms with Gasteiger partial charge in [0.25, 0.3) is 0 Å². The van der Waals surface area contributed by atoms with Crippen molar-refractivity contribution in [2.75, 3.05) is 20.2 Å². The minimum atomic E-state index is -0.112. The van der Waals surface area contributed by atoms with Crippen molar-refractivity contribution < 1.29 is 9.53 Å². The molecule has 4 heteroatoms. The molecule has 3 nitrogen and oxygen atoms in total. The lowest BCUT2D eigenvalue weighted by Crippen LogP contribution is -2.47. The van der Waals surface area contributed by atoms with Crippen LogP contribution < -0.4 is 0 Å². The van der Waals surface area contributed by atoms with Crippen LogP contribution in [0.1, 0.15) is 30.1 Å². The summed E-state index contributed by atoms with van der Waals surface area (Å²) < 4.78 is 5.40. The molecule has 1 aromatic carbocycles. The standard InChI is InChI=1S/C15H20ClNO2/c1-11(17-9-3-4-14(10-17)19-2)15(18)12-5-7-13(16)8-6-12/h5-8,11,14H,3-4,9-10H2,1-2H3. The van der Waals surface area contributed by atoms with Crippen LogP contribution in [0.25, 0.3) is 0 Å². The van der Waals surface area contributed by atoms with Gasteiger partial charge in [-0.2, -0.15) is 0 Å². The van der Waals surface area contributed by atoms with Crippen LogP contribution in [-0.2, 0) is 4.74 Å². The molecular weight excluding hydrogens is 262 g/mol. The number of ether oxygens (including phenoxy) is 1. The molecule has 0 aromatic heterocycles. The summed E-state index contributed by atoms with van der Waals surface area (Å²) in [4.78, 5) is 14.6. The van der Waals surface area contributed by atoms with Gasteiger partial charge in [0.15, 0.2) is 5.78 Å². The van der Waals surface area contributed by atoms with E-state index in [1.165, 1.54) is 0 Å². The van der Waals surface area contributed by atoms with E-state index >= 15 is 0 Å². The van der Waals surface area contributed by atoms with Gasteiger partial charge in [-0.25, -0.2) is 0 Å². The molecule has 1 saturated heterocycles. The second kappa shape index (κ2) is 6.51. The third kappa shape index (κ3) is 3.56. The van der Waals surface area contributed by atoms with Crippen molar-refractivity contribution in [1.82, 2.24) is 4.90 Å². The van der Waals surface area contributed by atoms with Crippen LogP contribution >= 0.6 is 11.6 Å². The third-order valence-electron chi connectivity index (χ3n) is 3.80. The van der Waals surface area contributed by atoms with E-state index < -0.39 is 0 Å². The molecule has 2 unspecified atom stereocenters. The van der Waals surface area contributed by atoms with E-state index in [9.17, 15) is 4.79 Å². The molecule has 0 spiro atoms. The van der Waals surface area contributed by atoms with E-state index in [-0.39, 0.29) is 17.9 Å². The molecule has 0 saturated carbocycles. The van der Waals surface area contributed by atoms with Crippen molar-refractivity contribution >= 4 is 17.4 Å². The van der Waals surface area contributed by atoms with Gasteiger partial charge in [0, 0.05) is 24.2 Å². The number of ketones is 1. The van der Waals surface area contributed by atoms with Crippen molar-refractivity contribution in [2.45, 2.75) is 31.9 Å². The van der Waals surface area contributed by atoms with Crippen LogP contribution in [0.5, 0.6) is 0 Å². The van der Waals surface area contributed by atoms with Crippen molar-refractivity contribution in [3.8, 4) is 0 Å². The molecule has 2 atom stereocenters. The summed E-state index contributed by atoms with van der Waals surface area (Å²) in [6.07, 6.45) is 2.40. The molecule has 2 rings (SSSR count). The van der Waals surface area contributed by atoms with Gasteiger partial charge in [0.1, 0.15) is 0 Å². The predicted octanol–water partition coefficient (Wildman–Crippen LogP) is 3.02. The Kier molecular flexibility index (Phi) is 4.97. The highest BCUT2D eigenvalue weighted by Gasteiger charge is 2.27. The average molecular weight is 282 g/mol. The van der Waals surface area contributed by atoms with E-state index in [0.717, 1.165) is 31.5 Å². The SMILES string of the molecule is COC1CCCN(C(C)C(=O)c2ccc(Cl)cc2)C1. The minimum Gasteiger partial charge on any atom is -0.380 e. The molecule has 0 amide bonds. The number of likely N-dealkylation sites (tertiary alicyclic amines) is 1. The smallest absolute Gasteiger partial charge is 0.179 e. The third-order valence-corrected chi connectivity index (χ3v) is 4.05. The fourth-order valence-corrected chi connectivity index (χ4v) is 2.66. The lowest BCUT2D eigenvalue weighted by molar-refractivity contribution is 0.0182. The number of hydrogen-bond acceptors (Lipinski definition) is 3. The lowest BCUT2D eigenvalue weighted by Gasteiger charge is -2.35. The second-order valence-electron chi connectivity index (χ2n) is 5.04. The number of Topliss-reactive ketones (excluding diaryl/α,β-unsaturated/α-hetero) is 1. The number of halogens is 1. The van der Waals surface area contributed by atoms with Crippen LogP contribution in [-0.4, -0.2) is 43.0 Å². The number of piperidine rings is 1. The zero-order chi connectivity index (χ0) is 13.8. The molecule has 0 radical (unpaired) electrons. The van der Waals surface area contributed by atoms with Crippen LogP contribution in [0.15, 0.2) is 24.3 Å². The summed E-state index contributed by atoms with van der Waals surface area (Å²) >= 11 is 5.84. The van der Waals surface area contributed by atoms with Crippen LogP contribution in [0.2, 0.25) is 5.02 Å². The number of carbonyl (C=O) groups is 1.